The second-order valence-corrected chi connectivity index (χ2v) is 5.69. The standard InChI is InChI=1S/C11H18N2O4S/c1-8-3-4-10(5-11(8)12)18(15,16)13-9(6-14)7-17-2/h3-5,9,13-14H,6-7,12H2,1-2H3. The molecule has 18 heavy (non-hydrogen) atoms. The van der Waals surface area contributed by atoms with Crippen molar-refractivity contribution in [3.8, 4) is 0 Å². The molecular formula is C11H18N2O4S. The van der Waals surface area contributed by atoms with Crippen LogP contribution >= 0.6 is 0 Å². The van der Waals surface area contributed by atoms with E-state index in [0.717, 1.165) is 5.56 Å². The number of hydrogen-bond donors (Lipinski definition) is 3. The predicted molar refractivity (Wildman–Crippen MR) is 68.7 cm³/mol. The number of nitrogens with two attached hydrogens (primary N) is 1. The van der Waals surface area contributed by atoms with Crippen molar-refractivity contribution in [3.63, 3.8) is 0 Å². The van der Waals surface area contributed by atoms with Gasteiger partial charge in [-0.25, -0.2) is 13.1 Å². The van der Waals surface area contributed by atoms with Gasteiger partial charge in [-0.1, -0.05) is 6.07 Å². The Hall–Kier alpha value is -1.15. The minimum Gasteiger partial charge on any atom is -0.398 e. The zero-order chi connectivity index (χ0) is 13.8. The lowest BCUT2D eigenvalue weighted by Crippen LogP contribution is -2.40. The highest BCUT2D eigenvalue weighted by atomic mass is 32.2. The van der Waals surface area contributed by atoms with E-state index < -0.39 is 16.1 Å². The predicted octanol–water partition coefficient (Wildman–Crippen LogP) is -0.137. The first kappa shape index (κ1) is 14.9. The van der Waals surface area contributed by atoms with Gasteiger partial charge in [-0.3, -0.25) is 0 Å². The van der Waals surface area contributed by atoms with Crippen molar-refractivity contribution in [2.24, 2.45) is 0 Å². The number of hydrogen-bond acceptors (Lipinski definition) is 5. The van der Waals surface area contributed by atoms with E-state index in [2.05, 4.69) is 4.72 Å². The number of nitrogens with one attached hydrogen (secondary N) is 1. The second kappa shape index (κ2) is 6.14. The Labute approximate surface area is 107 Å². The molecule has 1 atom stereocenters. The van der Waals surface area contributed by atoms with Crippen molar-refractivity contribution in [1.82, 2.24) is 4.72 Å². The third kappa shape index (κ3) is 3.67. The van der Waals surface area contributed by atoms with Gasteiger partial charge in [0.1, 0.15) is 0 Å². The molecule has 0 aromatic heterocycles. The normalized spacial score (nSPS) is 13.5. The molecule has 1 rings (SSSR count). The number of nitrogen functional groups attached to an aromatic ring is 1. The lowest BCUT2D eigenvalue weighted by Gasteiger charge is -2.15. The van der Waals surface area contributed by atoms with Crippen molar-refractivity contribution < 1.29 is 18.3 Å². The molecule has 1 aromatic rings. The van der Waals surface area contributed by atoms with E-state index in [4.69, 9.17) is 15.6 Å². The maximum Gasteiger partial charge on any atom is 0.241 e. The number of anilines is 1. The molecule has 0 bridgehead atoms. The van der Waals surface area contributed by atoms with Crippen molar-refractivity contribution >= 4 is 15.7 Å². The highest BCUT2D eigenvalue weighted by molar-refractivity contribution is 7.89. The number of aliphatic hydroxyl groups excluding tert-OH is 1. The van der Waals surface area contributed by atoms with Gasteiger partial charge in [0.2, 0.25) is 10.0 Å². The summed E-state index contributed by atoms with van der Waals surface area (Å²) in [6.45, 7) is 1.55. The number of aliphatic hydroxyl groups is 1. The fourth-order valence-corrected chi connectivity index (χ4v) is 2.65. The molecule has 0 aliphatic heterocycles. The van der Waals surface area contributed by atoms with Crippen LogP contribution in [0.1, 0.15) is 5.56 Å². The summed E-state index contributed by atoms with van der Waals surface area (Å²) >= 11 is 0. The summed E-state index contributed by atoms with van der Waals surface area (Å²) in [4.78, 5) is 0.0696. The van der Waals surface area contributed by atoms with Gasteiger partial charge in [0.05, 0.1) is 24.2 Å². The summed E-state index contributed by atoms with van der Waals surface area (Å²) in [6.07, 6.45) is 0. The SMILES string of the molecule is COCC(CO)NS(=O)(=O)c1ccc(C)c(N)c1. The Balaban J connectivity index is 2.95. The van der Waals surface area contributed by atoms with E-state index in [1.165, 1.54) is 19.2 Å². The third-order valence-electron chi connectivity index (χ3n) is 2.47. The first-order valence-electron chi connectivity index (χ1n) is 5.39. The molecule has 0 heterocycles. The van der Waals surface area contributed by atoms with E-state index in [-0.39, 0.29) is 18.1 Å². The summed E-state index contributed by atoms with van der Waals surface area (Å²) in [6, 6.07) is 3.81. The van der Waals surface area contributed by atoms with E-state index >= 15 is 0 Å². The molecule has 6 nitrogen and oxygen atoms in total. The smallest absolute Gasteiger partial charge is 0.241 e. The lowest BCUT2D eigenvalue weighted by molar-refractivity contribution is 0.139. The lowest BCUT2D eigenvalue weighted by atomic mass is 10.2. The van der Waals surface area contributed by atoms with E-state index in [1.807, 2.05) is 0 Å². The Morgan fingerprint density at radius 1 is 1.50 bits per heavy atom. The molecule has 0 radical (unpaired) electrons. The quantitative estimate of drug-likeness (QED) is 0.627. The van der Waals surface area contributed by atoms with Gasteiger partial charge in [-0.15, -0.1) is 0 Å². The number of sulfonamides is 1. The molecular weight excluding hydrogens is 256 g/mol. The van der Waals surface area contributed by atoms with Crippen LogP contribution in [0.15, 0.2) is 23.1 Å². The van der Waals surface area contributed by atoms with Gasteiger partial charge >= 0.3 is 0 Å². The summed E-state index contributed by atoms with van der Waals surface area (Å²) in [7, 11) is -2.27. The van der Waals surface area contributed by atoms with E-state index in [9.17, 15) is 8.42 Å². The van der Waals surface area contributed by atoms with Crippen LogP contribution in [-0.4, -0.2) is 39.9 Å². The fourth-order valence-electron chi connectivity index (χ4n) is 1.40. The largest absolute Gasteiger partial charge is 0.398 e. The van der Waals surface area contributed by atoms with Crippen LogP contribution in [0.4, 0.5) is 5.69 Å². The molecule has 0 aliphatic carbocycles. The Bertz CT molecular complexity index is 502. The molecule has 0 amide bonds. The summed E-state index contributed by atoms with van der Waals surface area (Å²) < 4.78 is 31.2. The topological polar surface area (TPSA) is 102 Å². The first-order chi connectivity index (χ1) is 8.40. The average Bonchev–Trinajstić information content (AvgIpc) is 2.31. The monoisotopic (exact) mass is 274 g/mol. The van der Waals surface area contributed by atoms with Crippen LogP contribution in [0.2, 0.25) is 0 Å². The van der Waals surface area contributed by atoms with Gasteiger partial charge in [0.25, 0.3) is 0 Å². The highest BCUT2D eigenvalue weighted by Gasteiger charge is 2.20. The molecule has 0 aliphatic rings. The van der Waals surface area contributed by atoms with Crippen molar-refractivity contribution in [3.05, 3.63) is 23.8 Å². The number of ether oxygens (including phenoxy) is 1. The minimum atomic E-state index is -3.70. The van der Waals surface area contributed by atoms with Gasteiger partial charge in [0.15, 0.2) is 0 Å². The highest BCUT2D eigenvalue weighted by Crippen LogP contribution is 2.17. The second-order valence-electron chi connectivity index (χ2n) is 3.97. The molecule has 7 heteroatoms. The zero-order valence-electron chi connectivity index (χ0n) is 10.4. The maximum absolute atomic E-state index is 12.0. The first-order valence-corrected chi connectivity index (χ1v) is 6.87. The molecule has 1 aromatic carbocycles. The average molecular weight is 274 g/mol. The van der Waals surface area contributed by atoms with Gasteiger partial charge in [-0.2, -0.15) is 0 Å². The summed E-state index contributed by atoms with van der Waals surface area (Å²) in [5.41, 5.74) is 6.89. The fraction of sp³-hybridized carbons (Fsp3) is 0.455. The zero-order valence-corrected chi connectivity index (χ0v) is 11.2. The summed E-state index contributed by atoms with van der Waals surface area (Å²) in [5, 5.41) is 9.03. The van der Waals surface area contributed by atoms with Crippen molar-refractivity contribution in [1.29, 1.82) is 0 Å². The molecule has 0 saturated heterocycles. The van der Waals surface area contributed by atoms with Gasteiger partial charge < -0.3 is 15.6 Å². The van der Waals surface area contributed by atoms with Crippen LogP contribution in [0.25, 0.3) is 0 Å². The third-order valence-corrected chi connectivity index (χ3v) is 3.99. The molecule has 0 saturated carbocycles. The van der Waals surface area contributed by atoms with Crippen molar-refractivity contribution in [2.45, 2.75) is 17.9 Å². The molecule has 4 N–H and O–H groups in total. The molecule has 102 valence electrons. The van der Waals surface area contributed by atoms with Crippen LogP contribution in [-0.2, 0) is 14.8 Å². The number of rotatable bonds is 6. The van der Waals surface area contributed by atoms with E-state index in [0.29, 0.717) is 5.69 Å². The number of methoxy groups -OCH3 is 1. The van der Waals surface area contributed by atoms with Crippen LogP contribution < -0.4 is 10.5 Å². The molecule has 1 unspecified atom stereocenters. The van der Waals surface area contributed by atoms with Gasteiger partial charge in [-0.05, 0) is 24.6 Å². The van der Waals surface area contributed by atoms with Crippen LogP contribution in [0.5, 0.6) is 0 Å². The number of benzene rings is 1. The number of aryl methyl sites for hydroxylation is 1. The van der Waals surface area contributed by atoms with Crippen LogP contribution in [0.3, 0.4) is 0 Å². The molecule has 0 fully saturated rings. The molecule has 0 spiro atoms. The van der Waals surface area contributed by atoms with Crippen molar-refractivity contribution in [2.75, 3.05) is 26.1 Å². The van der Waals surface area contributed by atoms with E-state index in [1.54, 1.807) is 13.0 Å². The minimum absolute atomic E-state index is 0.0696. The Morgan fingerprint density at radius 2 is 2.17 bits per heavy atom. The van der Waals surface area contributed by atoms with Crippen LogP contribution in [0, 0.1) is 6.92 Å². The maximum atomic E-state index is 12.0. The Morgan fingerprint density at radius 3 is 2.67 bits per heavy atom. The van der Waals surface area contributed by atoms with Gasteiger partial charge in [0, 0.05) is 12.8 Å². The summed E-state index contributed by atoms with van der Waals surface area (Å²) in [5.74, 6) is 0. The Kier molecular flexibility index (Phi) is 5.09.